The average Bonchev–Trinajstić information content (AvgIpc) is 2.19. The quantitative estimate of drug-likeness (QED) is 0.602. The van der Waals surface area contributed by atoms with E-state index in [-0.39, 0.29) is 0 Å². The number of hydrogen-bond acceptors (Lipinski definition) is 3. The van der Waals surface area contributed by atoms with E-state index in [1.807, 2.05) is 0 Å². The Balaban J connectivity index is 1.86. The van der Waals surface area contributed by atoms with Crippen LogP contribution in [0.1, 0.15) is 25.7 Å². The van der Waals surface area contributed by atoms with Crippen molar-refractivity contribution < 1.29 is 4.74 Å². The maximum atomic E-state index is 5.41. The van der Waals surface area contributed by atoms with Gasteiger partial charge in [-0.2, -0.15) is 0 Å². The molecule has 0 bridgehead atoms. The van der Waals surface area contributed by atoms with Crippen molar-refractivity contribution in [2.24, 2.45) is 11.7 Å². The van der Waals surface area contributed by atoms with Crippen LogP contribution in [0.15, 0.2) is 0 Å². The first-order chi connectivity index (χ1) is 6.43. The first kappa shape index (κ1) is 11.0. The molecule has 0 aromatic heterocycles. The van der Waals surface area contributed by atoms with Gasteiger partial charge in [0.2, 0.25) is 0 Å². The molecular formula is C10H22N2O. The van der Waals surface area contributed by atoms with Gasteiger partial charge >= 0.3 is 0 Å². The molecule has 0 aromatic rings. The summed E-state index contributed by atoms with van der Waals surface area (Å²) in [6.45, 7) is 5.01. The molecule has 0 saturated carbocycles. The minimum Gasteiger partial charge on any atom is -0.381 e. The van der Waals surface area contributed by atoms with E-state index in [2.05, 4.69) is 5.32 Å². The van der Waals surface area contributed by atoms with E-state index in [1.54, 1.807) is 0 Å². The Hall–Kier alpha value is -0.120. The van der Waals surface area contributed by atoms with E-state index in [0.717, 1.165) is 45.2 Å². The molecule has 0 atom stereocenters. The van der Waals surface area contributed by atoms with Gasteiger partial charge in [-0.3, -0.25) is 0 Å². The monoisotopic (exact) mass is 186 g/mol. The molecule has 1 saturated heterocycles. The fraction of sp³-hybridized carbons (Fsp3) is 1.00. The normalized spacial score (nSPS) is 19.2. The molecule has 1 aliphatic heterocycles. The van der Waals surface area contributed by atoms with E-state index >= 15 is 0 Å². The van der Waals surface area contributed by atoms with Gasteiger partial charge in [0.25, 0.3) is 0 Å². The topological polar surface area (TPSA) is 47.3 Å². The third-order valence-corrected chi connectivity index (χ3v) is 2.58. The van der Waals surface area contributed by atoms with E-state index in [1.165, 1.54) is 19.3 Å². The van der Waals surface area contributed by atoms with Crippen molar-refractivity contribution >= 4 is 0 Å². The third kappa shape index (κ3) is 5.24. The molecule has 0 amide bonds. The maximum Gasteiger partial charge on any atom is 0.0469 e. The highest BCUT2D eigenvalue weighted by atomic mass is 16.5. The predicted octanol–water partition coefficient (Wildman–Crippen LogP) is 0.742. The molecular weight excluding hydrogens is 164 g/mol. The molecule has 78 valence electrons. The SMILES string of the molecule is NCCCCNCC1CCOCC1. The Morgan fingerprint density at radius 2 is 2.00 bits per heavy atom. The van der Waals surface area contributed by atoms with Gasteiger partial charge in [0, 0.05) is 13.2 Å². The molecule has 0 unspecified atom stereocenters. The number of rotatable bonds is 6. The van der Waals surface area contributed by atoms with Crippen molar-refractivity contribution in [3.05, 3.63) is 0 Å². The van der Waals surface area contributed by atoms with E-state index in [0.29, 0.717) is 0 Å². The summed E-state index contributed by atoms with van der Waals surface area (Å²) in [5.74, 6) is 0.839. The van der Waals surface area contributed by atoms with E-state index < -0.39 is 0 Å². The van der Waals surface area contributed by atoms with Crippen molar-refractivity contribution in [2.75, 3.05) is 32.8 Å². The Bertz CT molecular complexity index is 113. The van der Waals surface area contributed by atoms with Crippen LogP contribution in [0.4, 0.5) is 0 Å². The van der Waals surface area contributed by atoms with Crippen molar-refractivity contribution in [3.63, 3.8) is 0 Å². The highest BCUT2D eigenvalue weighted by molar-refractivity contribution is 4.65. The van der Waals surface area contributed by atoms with Gasteiger partial charge in [-0.25, -0.2) is 0 Å². The van der Waals surface area contributed by atoms with Crippen molar-refractivity contribution in [2.45, 2.75) is 25.7 Å². The molecule has 0 aromatic carbocycles. The summed E-state index contributed by atoms with van der Waals surface area (Å²) in [6, 6.07) is 0. The number of nitrogens with two attached hydrogens (primary N) is 1. The number of hydrogen-bond donors (Lipinski definition) is 2. The predicted molar refractivity (Wildman–Crippen MR) is 54.7 cm³/mol. The van der Waals surface area contributed by atoms with Crippen LogP contribution >= 0.6 is 0 Å². The van der Waals surface area contributed by atoms with Crippen LogP contribution in [-0.2, 0) is 4.74 Å². The summed E-state index contributed by atoms with van der Waals surface area (Å²) < 4.78 is 5.30. The molecule has 1 rings (SSSR count). The molecule has 3 nitrogen and oxygen atoms in total. The Morgan fingerprint density at radius 1 is 1.23 bits per heavy atom. The molecule has 0 radical (unpaired) electrons. The van der Waals surface area contributed by atoms with Crippen LogP contribution in [0, 0.1) is 5.92 Å². The second-order valence-corrected chi connectivity index (χ2v) is 3.76. The highest BCUT2D eigenvalue weighted by Gasteiger charge is 2.12. The Morgan fingerprint density at radius 3 is 2.69 bits per heavy atom. The fourth-order valence-electron chi connectivity index (χ4n) is 1.65. The average molecular weight is 186 g/mol. The Kier molecular flexibility index (Phi) is 6.15. The lowest BCUT2D eigenvalue weighted by Crippen LogP contribution is -2.28. The summed E-state index contributed by atoms with van der Waals surface area (Å²) in [5, 5.41) is 3.48. The third-order valence-electron chi connectivity index (χ3n) is 2.58. The van der Waals surface area contributed by atoms with Crippen molar-refractivity contribution in [1.29, 1.82) is 0 Å². The molecule has 1 aliphatic rings. The molecule has 13 heavy (non-hydrogen) atoms. The molecule has 0 spiro atoms. The van der Waals surface area contributed by atoms with E-state index in [4.69, 9.17) is 10.5 Å². The molecule has 1 fully saturated rings. The summed E-state index contributed by atoms with van der Waals surface area (Å²) in [4.78, 5) is 0. The zero-order valence-electron chi connectivity index (χ0n) is 8.43. The second kappa shape index (κ2) is 7.30. The summed E-state index contributed by atoms with van der Waals surface area (Å²) in [6.07, 6.45) is 4.80. The molecule has 3 heteroatoms. The molecule has 1 heterocycles. The number of unbranched alkanes of at least 4 members (excludes halogenated alkanes) is 1. The second-order valence-electron chi connectivity index (χ2n) is 3.76. The van der Waals surface area contributed by atoms with Crippen LogP contribution in [0.25, 0.3) is 0 Å². The van der Waals surface area contributed by atoms with Gasteiger partial charge in [0.1, 0.15) is 0 Å². The largest absolute Gasteiger partial charge is 0.381 e. The lowest BCUT2D eigenvalue weighted by Gasteiger charge is -2.22. The molecule has 0 aliphatic carbocycles. The van der Waals surface area contributed by atoms with Gasteiger partial charge in [-0.05, 0) is 51.2 Å². The van der Waals surface area contributed by atoms with Gasteiger partial charge in [0.15, 0.2) is 0 Å². The van der Waals surface area contributed by atoms with Crippen LogP contribution in [0.5, 0.6) is 0 Å². The first-order valence-corrected chi connectivity index (χ1v) is 5.42. The number of ether oxygens (including phenoxy) is 1. The van der Waals surface area contributed by atoms with Gasteiger partial charge in [-0.15, -0.1) is 0 Å². The zero-order chi connectivity index (χ0) is 9.36. The summed E-state index contributed by atoms with van der Waals surface area (Å²) in [7, 11) is 0. The van der Waals surface area contributed by atoms with Crippen LogP contribution in [0.3, 0.4) is 0 Å². The van der Waals surface area contributed by atoms with Crippen LogP contribution in [-0.4, -0.2) is 32.8 Å². The fourth-order valence-corrected chi connectivity index (χ4v) is 1.65. The first-order valence-electron chi connectivity index (χ1n) is 5.42. The van der Waals surface area contributed by atoms with Crippen LogP contribution in [0.2, 0.25) is 0 Å². The minimum atomic E-state index is 0.818. The van der Waals surface area contributed by atoms with Gasteiger partial charge in [-0.1, -0.05) is 0 Å². The van der Waals surface area contributed by atoms with Crippen molar-refractivity contribution in [1.82, 2.24) is 5.32 Å². The van der Waals surface area contributed by atoms with Gasteiger partial charge < -0.3 is 15.8 Å². The Labute approximate surface area is 81.0 Å². The van der Waals surface area contributed by atoms with Gasteiger partial charge in [0.05, 0.1) is 0 Å². The zero-order valence-corrected chi connectivity index (χ0v) is 8.43. The smallest absolute Gasteiger partial charge is 0.0469 e. The maximum absolute atomic E-state index is 5.41. The van der Waals surface area contributed by atoms with Crippen LogP contribution < -0.4 is 11.1 Å². The van der Waals surface area contributed by atoms with E-state index in [9.17, 15) is 0 Å². The molecule has 3 N–H and O–H groups in total. The standard InChI is InChI=1S/C10H22N2O/c11-5-1-2-6-12-9-10-3-7-13-8-4-10/h10,12H,1-9,11H2. The summed E-state index contributed by atoms with van der Waals surface area (Å²) >= 11 is 0. The lowest BCUT2D eigenvalue weighted by molar-refractivity contribution is 0.0663. The van der Waals surface area contributed by atoms with Crippen molar-refractivity contribution in [3.8, 4) is 0 Å². The highest BCUT2D eigenvalue weighted by Crippen LogP contribution is 2.12. The number of nitrogens with one attached hydrogen (secondary N) is 1. The minimum absolute atomic E-state index is 0.818. The lowest BCUT2D eigenvalue weighted by atomic mass is 10.0. The summed E-state index contributed by atoms with van der Waals surface area (Å²) in [5.41, 5.74) is 5.41.